The summed E-state index contributed by atoms with van der Waals surface area (Å²) in [6, 6.07) is 13.2. The van der Waals surface area contributed by atoms with Crippen LogP contribution < -0.4 is 15.1 Å². The summed E-state index contributed by atoms with van der Waals surface area (Å²) in [4.78, 5) is 47.1. The fraction of sp³-hybridized carbons (Fsp3) is 0.222. The predicted molar refractivity (Wildman–Crippen MR) is 139 cm³/mol. The van der Waals surface area contributed by atoms with Crippen LogP contribution in [-0.4, -0.2) is 54.2 Å². The molecule has 3 amide bonds. The Bertz CT molecular complexity index is 1500. The van der Waals surface area contributed by atoms with Crippen molar-refractivity contribution in [3.8, 4) is 17.0 Å². The zero-order valence-electron chi connectivity index (χ0n) is 21.8. The molecule has 1 aliphatic heterocycles. The van der Waals surface area contributed by atoms with Gasteiger partial charge in [-0.05, 0) is 49.4 Å². The van der Waals surface area contributed by atoms with Crippen LogP contribution in [0.1, 0.15) is 12.5 Å². The number of carbonyl (C=O) groups excluding carboxylic acids is 3. The molecule has 1 aliphatic rings. The number of carbonyl (C=O) groups is 3. The number of nitrogens with zero attached hydrogens (tertiary/aromatic N) is 4. The van der Waals surface area contributed by atoms with Gasteiger partial charge in [0.25, 0.3) is 5.91 Å². The second-order valence-corrected chi connectivity index (χ2v) is 8.73. The number of nitrogens with one attached hydrogen (secondary N) is 1. The standard InChI is InChI=1S/C27H23F4N5O5/c1-15-22(23(37)33-17-8-6-7-16(13-17)27(30,31)25(39)35(2)40-3)24(38)36(34-15)18-10-11-21(41-26(28)29)19(14-18)20-9-4-5-12-32-20/h4-14,22,26H,1-3H3,(H,33,37). The minimum atomic E-state index is -3.96. The number of hydrazone groups is 1. The number of hydroxylamine groups is 2. The van der Waals surface area contributed by atoms with Gasteiger partial charge in [0.2, 0.25) is 5.91 Å². The number of pyridine rings is 1. The molecule has 214 valence electrons. The molecule has 0 saturated heterocycles. The van der Waals surface area contributed by atoms with Crippen molar-refractivity contribution in [3.05, 3.63) is 72.4 Å². The minimum Gasteiger partial charge on any atom is -0.434 e. The topological polar surface area (TPSA) is 113 Å². The number of hydrogen-bond acceptors (Lipinski definition) is 7. The summed E-state index contributed by atoms with van der Waals surface area (Å²) in [7, 11) is 2.08. The highest BCUT2D eigenvalue weighted by molar-refractivity contribution is 6.28. The van der Waals surface area contributed by atoms with Gasteiger partial charge in [-0.25, -0.2) is 5.06 Å². The van der Waals surface area contributed by atoms with Crippen LogP contribution in [-0.2, 0) is 25.1 Å². The van der Waals surface area contributed by atoms with E-state index in [2.05, 4.69) is 25.0 Å². The number of ether oxygens (including phenoxy) is 1. The molecule has 4 rings (SSSR count). The molecular formula is C27H23F4N5O5. The molecule has 14 heteroatoms. The molecule has 1 aromatic heterocycles. The molecule has 2 heterocycles. The van der Waals surface area contributed by atoms with Crippen LogP contribution in [0.15, 0.2) is 72.0 Å². The lowest BCUT2D eigenvalue weighted by Crippen LogP contribution is -2.39. The molecule has 1 atom stereocenters. The maximum absolute atomic E-state index is 14.7. The molecule has 0 fully saturated rings. The van der Waals surface area contributed by atoms with Crippen LogP contribution in [0, 0.1) is 5.92 Å². The van der Waals surface area contributed by atoms with E-state index in [1.165, 1.54) is 43.5 Å². The third kappa shape index (κ3) is 6.01. The van der Waals surface area contributed by atoms with Gasteiger partial charge < -0.3 is 10.1 Å². The smallest absolute Gasteiger partial charge is 0.387 e. The first-order chi connectivity index (χ1) is 19.4. The number of halogens is 4. The number of likely N-dealkylation sites (N-methyl/N-ethyl adjacent to an activating group) is 1. The lowest BCUT2D eigenvalue weighted by atomic mass is 10.0. The maximum atomic E-state index is 14.7. The summed E-state index contributed by atoms with van der Waals surface area (Å²) < 4.78 is 60.0. The van der Waals surface area contributed by atoms with E-state index in [0.29, 0.717) is 10.8 Å². The van der Waals surface area contributed by atoms with Gasteiger partial charge in [0.1, 0.15) is 5.75 Å². The molecule has 0 radical (unpaired) electrons. The van der Waals surface area contributed by atoms with Crippen LogP contribution in [0.4, 0.5) is 28.9 Å². The second kappa shape index (κ2) is 11.7. The Kier molecular flexibility index (Phi) is 8.33. The van der Waals surface area contributed by atoms with Crippen molar-refractivity contribution in [2.24, 2.45) is 11.0 Å². The van der Waals surface area contributed by atoms with Crippen molar-refractivity contribution in [2.75, 3.05) is 24.5 Å². The van der Waals surface area contributed by atoms with E-state index < -0.39 is 41.7 Å². The number of anilines is 2. The summed E-state index contributed by atoms with van der Waals surface area (Å²) in [5.41, 5.74) is -0.110. The molecule has 0 aliphatic carbocycles. The van der Waals surface area contributed by atoms with Crippen molar-refractivity contribution in [3.63, 3.8) is 0 Å². The molecule has 10 nitrogen and oxygen atoms in total. The average molecular weight is 574 g/mol. The van der Waals surface area contributed by atoms with E-state index in [-0.39, 0.29) is 28.4 Å². The zero-order valence-corrected chi connectivity index (χ0v) is 21.8. The minimum absolute atomic E-state index is 0.0926. The number of rotatable bonds is 9. The van der Waals surface area contributed by atoms with Crippen molar-refractivity contribution >= 4 is 34.8 Å². The maximum Gasteiger partial charge on any atom is 0.387 e. The van der Waals surface area contributed by atoms with E-state index in [1.54, 1.807) is 18.2 Å². The quantitative estimate of drug-likeness (QED) is 0.230. The monoisotopic (exact) mass is 573 g/mol. The third-order valence-electron chi connectivity index (χ3n) is 6.08. The highest BCUT2D eigenvalue weighted by Gasteiger charge is 2.44. The van der Waals surface area contributed by atoms with Crippen LogP contribution in [0.25, 0.3) is 11.3 Å². The van der Waals surface area contributed by atoms with Gasteiger partial charge >= 0.3 is 18.4 Å². The van der Waals surface area contributed by atoms with Gasteiger partial charge in [-0.2, -0.15) is 27.7 Å². The summed E-state index contributed by atoms with van der Waals surface area (Å²) in [6.07, 6.45) is 1.45. The van der Waals surface area contributed by atoms with Crippen molar-refractivity contribution in [1.29, 1.82) is 0 Å². The summed E-state index contributed by atoms with van der Waals surface area (Å²) >= 11 is 0. The number of aromatic nitrogens is 1. The van der Waals surface area contributed by atoms with Gasteiger partial charge in [-0.15, -0.1) is 0 Å². The van der Waals surface area contributed by atoms with Crippen LogP contribution in [0.2, 0.25) is 0 Å². The van der Waals surface area contributed by atoms with Gasteiger partial charge in [0, 0.05) is 30.1 Å². The summed E-state index contributed by atoms with van der Waals surface area (Å²) in [6.45, 7) is -1.68. The van der Waals surface area contributed by atoms with Crippen LogP contribution >= 0.6 is 0 Å². The van der Waals surface area contributed by atoms with Gasteiger partial charge in [0.15, 0.2) is 5.92 Å². The number of alkyl halides is 4. The lowest BCUT2D eigenvalue weighted by Gasteiger charge is -2.22. The Morgan fingerprint density at radius 1 is 1.10 bits per heavy atom. The van der Waals surface area contributed by atoms with Crippen LogP contribution in [0.3, 0.4) is 0 Å². The predicted octanol–water partition coefficient (Wildman–Crippen LogP) is 4.44. The Morgan fingerprint density at radius 3 is 2.51 bits per heavy atom. The second-order valence-electron chi connectivity index (χ2n) is 8.73. The Labute approximate surface area is 231 Å². The molecule has 2 aromatic carbocycles. The van der Waals surface area contributed by atoms with E-state index in [1.807, 2.05) is 0 Å². The average Bonchev–Trinajstić information content (AvgIpc) is 3.26. The number of hydrogen-bond donors (Lipinski definition) is 1. The normalized spacial score (nSPS) is 15.1. The van der Waals surface area contributed by atoms with Gasteiger partial charge in [0.05, 0.1) is 24.2 Å². The van der Waals surface area contributed by atoms with E-state index in [0.717, 1.165) is 31.3 Å². The Balaban J connectivity index is 1.57. The molecule has 41 heavy (non-hydrogen) atoms. The first kappa shape index (κ1) is 29.1. The van der Waals surface area contributed by atoms with Crippen molar-refractivity contribution < 1.29 is 41.5 Å². The number of amides is 3. The first-order valence-corrected chi connectivity index (χ1v) is 11.9. The highest BCUT2D eigenvalue weighted by Crippen LogP contribution is 2.36. The molecule has 3 aromatic rings. The first-order valence-electron chi connectivity index (χ1n) is 11.9. The molecule has 1 N–H and O–H groups in total. The fourth-order valence-electron chi connectivity index (χ4n) is 4.03. The van der Waals surface area contributed by atoms with Crippen molar-refractivity contribution in [2.45, 2.75) is 19.5 Å². The summed E-state index contributed by atoms with van der Waals surface area (Å²) in [5.74, 6) is -8.82. The molecule has 0 saturated carbocycles. The van der Waals surface area contributed by atoms with Crippen LogP contribution in [0.5, 0.6) is 5.75 Å². The highest BCUT2D eigenvalue weighted by atomic mass is 19.3. The Morgan fingerprint density at radius 2 is 1.85 bits per heavy atom. The van der Waals surface area contributed by atoms with Crippen molar-refractivity contribution in [1.82, 2.24) is 10.0 Å². The van der Waals surface area contributed by atoms with E-state index in [9.17, 15) is 31.9 Å². The van der Waals surface area contributed by atoms with E-state index in [4.69, 9.17) is 0 Å². The lowest BCUT2D eigenvalue weighted by molar-refractivity contribution is -0.195. The fourth-order valence-corrected chi connectivity index (χ4v) is 4.03. The Hall–Kier alpha value is -4.85. The summed E-state index contributed by atoms with van der Waals surface area (Å²) in [5, 5.41) is 7.88. The van der Waals surface area contributed by atoms with Gasteiger partial charge in [-0.1, -0.05) is 18.2 Å². The third-order valence-corrected chi connectivity index (χ3v) is 6.08. The largest absolute Gasteiger partial charge is 0.434 e. The number of benzene rings is 2. The van der Waals surface area contributed by atoms with E-state index >= 15 is 0 Å². The molecule has 0 spiro atoms. The van der Waals surface area contributed by atoms with Gasteiger partial charge in [-0.3, -0.25) is 24.2 Å². The molecule has 0 bridgehead atoms. The zero-order chi connectivity index (χ0) is 29.9. The molecular weight excluding hydrogens is 550 g/mol. The molecule has 1 unspecified atom stereocenters. The SMILES string of the molecule is CON(C)C(=O)C(F)(F)c1cccc(NC(=O)C2C(=O)N(c3ccc(OC(F)F)c(-c4ccccn4)c3)N=C2C)c1.